The van der Waals surface area contributed by atoms with E-state index in [1.807, 2.05) is 56.3 Å². The van der Waals surface area contributed by atoms with Crippen LogP contribution in [0.4, 0.5) is 5.69 Å². The van der Waals surface area contributed by atoms with Crippen molar-refractivity contribution >= 4 is 33.2 Å². The molecule has 0 aliphatic carbocycles. The Kier molecular flexibility index (Phi) is 7.36. The third-order valence-corrected chi connectivity index (χ3v) is 7.04. The van der Waals surface area contributed by atoms with E-state index in [1.54, 1.807) is 12.1 Å². The SMILES string of the molecule is CC[C@H](NC(=O)CN(c1ccccc1C)S(=O)(=O)c1ccc(Cl)cc1)c1ccccc1. The maximum Gasteiger partial charge on any atom is 0.264 e. The highest BCUT2D eigenvalue weighted by Gasteiger charge is 2.28. The molecular formula is C24H25ClN2O3S. The number of carbonyl (C=O) groups is 1. The van der Waals surface area contributed by atoms with Gasteiger partial charge in [-0.25, -0.2) is 8.42 Å². The number of nitrogens with one attached hydrogen (secondary N) is 1. The van der Waals surface area contributed by atoms with Gasteiger partial charge in [-0.15, -0.1) is 0 Å². The Balaban J connectivity index is 1.93. The van der Waals surface area contributed by atoms with Crippen molar-refractivity contribution in [1.82, 2.24) is 5.32 Å². The van der Waals surface area contributed by atoms with E-state index >= 15 is 0 Å². The first kappa shape index (κ1) is 22.8. The molecule has 3 rings (SSSR count). The Morgan fingerprint density at radius 3 is 2.19 bits per heavy atom. The number of halogens is 1. The largest absolute Gasteiger partial charge is 0.348 e. The summed E-state index contributed by atoms with van der Waals surface area (Å²) in [7, 11) is -3.98. The molecule has 0 aliphatic heterocycles. The number of rotatable bonds is 8. The van der Waals surface area contributed by atoms with Crippen LogP contribution in [0.3, 0.4) is 0 Å². The minimum atomic E-state index is -3.98. The molecule has 0 radical (unpaired) electrons. The highest BCUT2D eigenvalue weighted by molar-refractivity contribution is 7.92. The van der Waals surface area contributed by atoms with Crippen molar-refractivity contribution in [3.05, 3.63) is 95.0 Å². The molecule has 7 heteroatoms. The first-order valence-corrected chi connectivity index (χ1v) is 11.8. The third kappa shape index (κ3) is 5.46. The number of aryl methyl sites for hydroxylation is 1. The van der Waals surface area contributed by atoms with E-state index in [9.17, 15) is 13.2 Å². The number of anilines is 1. The first-order valence-electron chi connectivity index (χ1n) is 10.0. The van der Waals surface area contributed by atoms with Crippen LogP contribution in [-0.2, 0) is 14.8 Å². The Bertz CT molecular complexity index is 1130. The molecule has 0 saturated carbocycles. The number of nitrogens with zero attached hydrogens (tertiary/aromatic N) is 1. The van der Waals surface area contributed by atoms with Gasteiger partial charge < -0.3 is 5.32 Å². The maximum absolute atomic E-state index is 13.5. The van der Waals surface area contributed by atoms with Gasteiger partial charge in [0.1, 0.15) is 6.54 Å². The summed E-state index contributed by atoms with van der Waals surface area (Å²) in [5, 5.41) is 3.41. The summed E-state index contributed by atoms with van der Waals surface area (Å²) in [4.78, 5) is 13.0. The number of carbonyl (C=O) groups excluding carboxylic acids is 1. The molecule has 31 heavy (non-hydrogen) atoms. The number of para-hydroxylation sites is 1. The number of hydrogen-bond donors (Lipinski definition) is 1. The fourth-order valence-corrected chi connectivity index (χ4v) is 4.97. The van der Waals surface area contributed by atoms with E-state index in [2.05, 4.69) is 5.32 Å². The summed E-state index contributed by atoms with van der Waals surface area (Å²) in [6.07, 6.45) is 0.685. The van der Waals surface area contributed by atoms with Crippen molar-refractivity contribution in [1.29, 1.82) is 0 Å². The fourth-order valence-electron chi connectivity index (χ4n) is 3.35. The molecule has 0 saturated heterocycles. The monoisotopic (exact) mass is 456 g/mol. The average Bonchev–Trinajstić information content (AvgIpc) is 2.77. The lowest BCUT2D eigenvalue weighted by molar-refractivity contribution is -0.120. The van der Waals surface area contributed by atoms with Crippen LogP contribution in [0.2, 0.25) is 5.02 Å². The van der Waals surface area contributed by atoms with Gasteiger partial charge in [-0.3, -0.25) is 9.10 Å². The zero-order valence-corrected chi connectivity index (χ0v) is 19.0. The van der Waals surface area contributed by atoms with E-state index in [0.717, 1.165) is 15.4 Å². The number of benzene rings is 3. The lowest BCUT2D eigenvalue weighted by Gasteiger charge is -2.27. The molecule has 0 aliphatic rings. The van der Waals surface area contributed by atoms with Crippen LogP contribution in [0.25, 0.3) is 0 Å². The molecule has 0 spiro atoms. The van der Waals surface area contributed by atoms with Crippen molar-refractivity contribution in [3.8, 4) is 0 Å². The molecular weight excluding hydrogens is 432 g/mol. The summed E-state index contributed by atoms with van der Waals surface area (Å²) >= 11 is 5.93. The van der Waals surface area contributed by atoms with Gasteiger partial charge in [0.15, 0.2) is 0 Å². The van der Waals surface area contributed by atoms with Crippen LogP contribution < -0.4 is 9.62 Å². The molecule has 5 nitrogen and oxygen atoms in total. The lowest BCUT2D eigenvalue weighted by atomic mass is 10.0. The Labute approximate surface area is 188 Å². The normalized spacial score (nSPS) is 12.2. The van der Waals surface area contributed by atoms with Gasteiger partial charge >= 0.3 is 0 Å². The molecule has 0 bridgehead atoms. The van der Waals surface area contributed by atoms with Crippen LogP contribution in [0, 0.1) is 6.92 Å². The van der Waals surface area contributed by atoms with E-state index < -0.39 is 10.0 Å². The molecule has 0 aromatic heterocycles. The van der Waals surface area contributed by atoms with Crippen molar-refractivity contribution in [2.75, 3.05) is 10.8 Å². The highest BCUT2D eigenvalue weighted by Crippen LogP contribution is 2.27. The minimum absolute atomic E-state index is 0.0723. The fraction of sp³-hybridized carbons (Fsp3) is 0.208. The minimum Gasteiger partial charge on any atom is -0.348 e. The Hall–Kier alpha value is -2.83. The van der Waals surface area contributed by atoms with Crippen LogP contribution >= 0.6 is 11.6 Å². The number of amides is 1. The third-order valence-electron chi connectivity index (χ3n) is 5.02. The second-order valence-corrected chi connectivity index (χ2v) is 9.49. The zero-order valence-electron chi connectivity index (χ0n) is 17.5. The summed E-state index contributed by atoms with van der Waals surface area (Å²) in [5.41, 5.74) is 2.18. The van der Waals surface area contributed by atoms with Crippen molar-refractivity contribution in [2.45, 2.75) is 31.2 Å². The average molecular weight is 457 g/mol. The maximum atomic E-state index is 13.5. The van der Waals surface area contributed by atoms with Crippen LogP contribution in [-0.4, -0.2) is 20.9 Å². The predicted octanol–water partition coefficient (Wildman–Crippen LogP) is 5.11. The number of sulfonamides is 1. The summed E-state index contributed by atoms with van der Waals surface area (Å²) in [6.45, 7) is 3.46. The molecule has 3 aromatic rings. The Morgan fingerprint density at radius 2 is 1.58 bits per heavy atom. The Morgan fingerprint density at radius 1 is 0.968 bits per heavy atom. The van der Waals surface area contributed by atoms with Crippen molar-refractivity contribution < 1.29 is 13.2 Å². The zero-order chi connectivity index (χ0) is 22.4. The van der Waals surface area contributed by atoms with E-state index in [0.29, 0.717) is 17.1 Å². The van der Waals surface area contributed by atoms with Gasteiger partial charge in [-0.1, -0.05) is 67.1 Å². The van der Waals surface area contributed by atoms with E-state index in [-0.39, 0.29) is 23.4 Å². The smallest absolute Gasteiger partial charge is 0.264 e. The van der Waals surface area contributed by atoms with Crippen LogP contribution in [0.1, 0.15) is 30.5 Å². The quantitative estimate of drug-likeness (QED) is 0.512. The van der Waals surface area contributed by atoms with Crippen molar-refractivity contribution in [3.63, 3.8) is 0 Å². The van der Waals surface area contributed by atoms with Gasteiger partial charge in [-0.05, 0) is 54.8 Å². The topological polar surface area (TPSA) is 66.5 Å². The van der Waals surface area contributed by atoms with Crippen LogP contribution in [0.15, 0.2) is 83.8 Å². The molecule has 1 amide bonds. The van der Waals surface area contributed by atoms with E-state index in [4.69, 9.17) is 11.6 Å². The van der Waals surface area contributed by atoms with Gasteiger partial charge in [-0.2, -0.15) is 0 Å². The second-order valence-electron chi connectivity index (χ2n) is 7.19. The second kappa shape index (κ2) is 9.98. The van der Waals surface area contributed by atoms with Gasteiger partial charge in [0.2, 0.25) is 5.91 Å². The van der Waals surface area contributed by atoms with Crippen molar-refractivity contribution in [2.24, 2.45) is 0 Å². The van der Waals surface area contributed by atoms with E-state index in [1.165, 1.54) is 24.3 Å². The molecule has 162 valence electrons. The summed E-state index contributed by atoms with van der Waals surface area (Å²) in [5.74, 6) is -0.378. The van der Waals surface area contributed by atoms with Crippen LogP contribution in [0.5, 0.6) is 0 Å². The summed E-state index contributed by atoms with van der Waals surface area (Å²) < 4.78 is 28.1. The molecule has 1 atom stereocenters. The number of hydrogen-bond acceptors (Lipinski definition) is 3. The standard InChI is InChI=1S/C24H25ClN2O3S/c1-3-22(19-10-5-4-6-11-19)26-24(28)17-27(23-12-8-7-9-18(23)2)31(29,30)21-15-13-20(25)14-16-21/h4-16,22H,3,17H2,1-2H3,(H,26,28)/t22-/m0/s1. The summed E-state index contributed by atoms with van der Waals surface area (Å²) in [6, 6.07) is 22.4. The molecule has 1 N–H and O–H groups in total. The van der Waals surface area contributed by atoms with Gasteiger partial charge in [0, 0.05) is 5.02 Å². The van der Waals surface area contributed by atoms with Gasteiger partial charge in [0.05, 0.1) is 16.6 Å². The lowest BCUT2D eigenvalue weighted by Crippen LogP contribution is -2.42. The molecule has 3 aromatic carbocycles. The first-order chi connectivity index (χ1) is 14.8. The molecule has 0 heterocycles. The predicted molar refractivity (Wildman–Crippen MR) is 125 cm³/mol. The molecule has 0 fully saturated rings. The molecule has 0 unspecified atom stereocenters. The highest BCUT2D eigenvalue weighted by atomic mass is 35.5. The van der Waals surface area contributed by atoms with Gasteiger partial charge in [0.25, 0.3) is 10.0 Å².